The van der Waals surface area contributed by atoms with E-state index >= 15 is 0 Å². The second-order valence-electron chi connectivity index (χ2n) is 7.00. The van der Waals surface area contributed by atoms with Gasteiger partial charge in [0.2, 0.25) is 0 Å². The predicted molar refractivity (Wildman–Crippen MR) is 134 cm³/mol. The Labute approximate surface area is 206 Å². The molecule has 0 aliphatic heterocycles. The molecule has 3 aromatic carbocycles. The molecule has 0 fully saturated rings. The van der Waals surface area contributed by atoms with E-state index in [9.17, 15) is 14.9 Å². The first-order chi connectivity index (χ1) is 16.4. The van der Waals surface area contributed by atoms with Gasteiger partial charge in [0.15, 0.2) is 5.78 Å². The van der Waals surface area contributed by atoms with Crippen LogP contribution in [-0.4, -0.2) is 32.0 Å². The maximum absolute atomic E-state index is 13.4. The van der Waals surface area contributed by atoms with E-state index in [1.54, 1.807) is 30.3 Å². The first-order valence-corrected chi connectivity index (χ1v) is 11.4. The van der Waals surface area contributed by atoms with Crippen LogP contribution in [0.3, 0.4) is 0 Å². The van der Waals surface area contributed by atoms with E-state index in [4.69, 9.17) is 25.8 Å². The van der Waals surface area contributed by atoms with E-state index in [-0.39, 0.29) is 11.5 Å². The SMILES string of the molecule is COc1cc(OC)c(/C=C(/SCc2ccc(Cl)cc2)C(=O)c2ccc([N+](=O)[O-])cc2)c(OC)c1. The molecule has 3 aromatic rings. The molecule has 7 nitrogen and oxygen atoms in total. The minimum atomic E-state index is -0.507. The summed E-state index contributed by atoms with van der Waals surface area (Å²) in [6.45, 7) is 0. The number of non-ortho nitro benzene ring substituents is 1. The van der Waals surface area contributed by atoms with Crippen LogP contribution < -0.4 is 14.2 Å². The minimum absolute atomic E-state index is 0.0885. The van der Waals surface area contributed by atoms with Crippen LogP contribution in [0.4, 0.5) is 5.69 Å². The Bertz CT molecular complexity index is 1180. The van der Waals surface area contributed by atoms with E-state index in [1.807, 2.05) is 12.1 Å². The number of ketones is 1. The van der Waals surface area contributed by atoms with E-state index in [1.165, 1.54) is 57.4 Å². The minimum Gasteiger partial charge on any atom is -0.496 e. The van der Waals surface area contributed by atoms with E-state index < -0.39 is 4.92 Å². The van der Waals surface area contributed by atoms with Crippen molar-refractivity contribution in [3.63, 3.8) is 0 Å². The number of nitrogens with zero attached hydrogens (tertiary/aromatic N) is 1. The molecule has 0 spiro atoms. The van der Waals surface area contributed by atoms with Gasteiger partial charge in [-0.05, 0) is 35.9 Å². The Morgan fingerprint density at radius 3 is 2.06 bits per heavy atom. The quantitative estimate of drug-likeness (QED) is 0.137. The fourth-order valence-corrected chi connectivity index (χ4v) is 4.19. The third kappa shape index (κ3) is 6.09. The number of ether oxygens (including phenoxy) is 3. The molecule has 0 saturated heterocycles. The van der Waals surface area contributed by atoms with Crippen molar-refractivity contribution in [2.24, 2.45) is 0 Å². The average molecular weight is 500 g/mol. The van der Waals surface area contributed by atoms with Gasteiger partial charge >= 0.3 is 0 Å². The molecule has 0 atom stereocenters. The Morgan fingerprint density at radius 1 is 0.971 bits per heavy atom. The van der Waals surface area contributed by atoms with Gasteiger partial charge in [0.1, 0.15) is 17.2 Å². The summed E-state index contributed by atoms with van der Waals surface area (Å²) in [6.07, 6.45) is 1.70. The molecule has 0 bridgehead atoms. The van der Waals surface area contributed by atoms with Crippen LogP contribution in [0.2, 0.25) is 5.02 Å². The van der Waals surface area contributed by atoms with Crippen molar-refractivity contribution in [3.8, 4) is 17.2 Å². The summed E-state index contributed by atoms with van der Waals surface area (Å²) in [5.41, 5.74) is 1.78. The lowest BCUT2D eigenvalue weighted by molar-refractivity contribution is -0.384. The zero-order chi connectivity index (χ0) is 24.7. The normalized spacial score (nSPS) is 11.1. The van der Waals surface area contributed by atoms with Crippen molar-refractivity contribution in [2.45, 2.75) is 5.75 Å². The summed E-state index contributed by atoms with van der Waals surface area (Å²) < 4.78 is 16.3. The number of benzene rings is 3. The number of thioether (sulfide) groups is 1. The fourth-order valence-electron chi connectivity index (χ4n) is 3.10. The number of hydrogen-bond acceptors (Lipinski definition) is 7. The molecule has 0 radical (unpaired) electrons. The molecule has 0 aliphatic carbocycles. The number of methoxy groups -OCH3 is 3. The lowest BCUT2D eigenvalue weighted by Gasteiger charge is -2.14. The molecule has 0 aromatic heterocycles. The molecule has 9 heteroatoms. The fraction of sp³-hybridized carbons (Fsp3) is 0.160. The highest BCUT2D eigenvalue weighted by atomic mass is 35.5. The Kier molecular flexibility index (Phi) is 8.56. The highest BCUT2D eigenvalue weighted by Crippen LogP contribution is 2.38. The lowest BCUT2D eigenvalue weighted by Crippen LogP contribution is -2.03. The summed E-state index contributed by atoms with van der Waals surface area (Å²) >= 11 is 7.31. The van der Waals surface area contributed by atoms with Gasteiger partial charge in [0, 0.05) is 40.6 Å². The molecule has 0 aliphatic rings. The van der Waals surface area contributed by atoms with Crippen LogP contribution in [0.15, 0.2) is 65.6 Å². The van der Waals surface area contributed by atoms with E-state index in [0.717, 1.165) is 5.56 Å². The van der Waals surface area contributed by atoms with Gasteiger partial charge in [0.25, 0.3) is 5.69 Å². The molecular weight excluding hydrogens is 478 g/mol. The summed E-state index contributed by atoms with van der Waals surface area (Å²) in [5.74, 6) is 1.70. The smallest absolute Gasteiger partial charge is 0.269 e. The number of hydrogen-bond donors (Lipinski definition) is 0. The first-order valence-electron chi connectivity index (χ1n) is 10.0. The van der Waals surface area contributed by atoms with Crippen molar-refractivity contribution >= 4 is 40.9 Å². The maximum atomic E-state index is 13.4. The molecule has 0 saturated carbocycles. The number of allylic oxidation sites excluding steroid dienone is 1. The average Bonchev–Trinajstić information content (AvgIpc) is 2.86. The summed E-state index contributed by atoms with van der Waals surface area (Å²) in [4.78, 5) is 24.3. The topological polar surface area (TPSA) is 87.9 Å². The number of nitro benzene ring substituents is 1. The summed E-state index contributed by atoms with van der Waals surface area (Å²) in [5, 5.41) is 11.6. The third-order valence-corrected chi connectivity index (χ3v) is 6.24. The molecule has 0 amide bonds. The van der Waals surface area contributed by atoms with Crippen LogP contribution >= 0.6 is 23.4 Å². The lowest BCUT2D eigenvalue weighted by atomic mass is 10.1. The highest BCUT2D eigenvalue weighted by molar-refractivity contribution is 8.03. The Balaban J connectivity index is 2.05. The van der Waals surface area contributed by atoms with Gasteiger partial charge in [-0.15, -0.1) is 11.8 Å². The molecule has 34 heavy (non-hydrogen) atoms. The molecule has 3 rings (SSSR count). The number of carbonyl (C=O) groups excluding carboxylic acids is 1. The molecule has 0 unspecified atom stereocenters. The summed E-state index contributed by atoms with van der Waals surface area (Å²) in [6, 6.07) is 16.3. The van der Waals surface area contributed by atoms with Gasteiger partial charge in [-0.3, -0.25) is 14.9 Å². The second-order valence-corrected chi connectivity index (χ2v) is 8.46. The largest absolute Gasteiger partial charge is 0.496 e. The van der Waals surface area contributed by atoms with Gasteiger partial charge in [-0.1, -0.05) is 23.7 Å². The zero-order valence-corrected chi connectivity index (χ0v) is 20.3. The van der Waals surface area contributed by atoms with Crippen LogP contribution in [0.1, 0.15) is 21.5 Å². The highest BCUT2D eigenvalue weighted by Gasteiger charge is 2.19. The standard InChI is InChI=1S/C25H22ClNO6S/c1-31-20-12-22(32-2)21(23(13-20)33-3)14-24(34-15-16-4-8-18(26)9-5-16)25(28)17-6-10-19(11-7-17)27(29)30/h4-14H,15H2,1-3H3/b24-14+. The van der Waals surface area contributed by atoms with Gasteiger partial charge in [0.05, 0.1) is 36.7 Å². The molecule has 0 N–H and O–H groups in total. The number of Topliss-reactive ketones (excluding diaryl/α,β-unsaturated/α-hetero) is 1. The van der Waals surface area contributed by atoms with Crippen LogP contribution in [0.25, 0.3) is 6.08 Å². The first kappa shape index (κ1) is 25.1. The Hall–Kier alpha value is -3.49. The number of rotatable bonds is 10. The van der Waals surface area contributed by atoms with Crippen molar-refractivity contribution in [3.05, 3.63) is 97.4 Å². The molecule has 176 valence electrons. The molecule has 0 heterocycles. The zero-order valence-electron chi connectivity index (χ0n) is 18.7. The number of halogens is 1. The van der Waals surface area contributed by atoms with Crippen molar-refractivity contribution in [1.29, 1.82) is 0 Å². The van der Waals surface area contributed by atoms with Gasteiger partial charge in [-0.25, -0.2) is 0 Å². The Morgan fingerprint density at radius 2 is 1.56 bits per heavy atom. The van der Waals surface area contributed by atoms with Crippen molar-refractivity contribution in [1.82, 2.24) is 0 Å². The third-order valence-electron chi connectivity index (χ3n) is 4.90. The van der Waals surface area contributed by atoms with E-state index in [0.29, 0.717) is 44.1 Å². The van der Waals surface area contributed by atoms with Gasteiger partial charge in [-0.2, -0.15) is 0 Å². The molecular formula is C25H22ClNO6S. The van der Waals surface area contributed by atoms with Crippen molar-refractivity contribution in [2.75, 3.05) is 21.3 Å². The summed E-state index contributed by atoms with van der Waals surface area (Å²) in [7, 11) is 4.57. The predicted octanol–water partition coefficient (Wildman–Crippen LogP) is 6.43. The van der Waals surface area contributed by atoms with Crippen LogP contribution in [0.5, 0.6) is 17.2 Å². The number of carbonyl (C=O) groups is 1. The second kappa shape index (κ2) is 11.6. The van der Waals surface area contributed by atoms with E-state index in [2.05, 4.69) is 0 Å². The van der Waals surface area contributed by atoms with Gasteiger partial charge < -0.3 is 14.2 Å². The monoisotopic (exact) mass is 499 g/mol. The van der Waals surface area contributed by atoms with Crippen LogP contribution in [0, 0.1) is 10.1 Å². The number of nitro groups is 1. The van der Waals surface area contributed by atoms with Crippen molar-refractivity contribution < 1.29 is 23.9 Å². The maximum Gasteiger partial charge on any atom is 0.269 e. The van der Waals surface area contributed by atoms with Crippen LogP contribution in [-0.2, 0) is 5.75 Å².